The zero-order valence-corrected chi connectivity index (χ0v) is 15.6. The van der Waals surface area contributed by atoms with Gasteiger partial charge in [-0.15, -0.1) is 0 Å². The van der Waals surface area contributed by atoms with Crippen LogP contribution in [0, 0.1) is 12.7 Å². The van der Waals surface area contributed by atoms with E-state index in [0.717, 1.165) is 26.2 Å². The highest BCUT2D eigenvalue weighted by Crippen LogP contribution is 2.20. The van der Waals surface area contributed by atoms with Crippen molar-refractivity contribution in [3.8, 4) is 0 Å². The third-order valence-corrected chi connectivity index (χ3v) is 4.89. The molecule has 6 heteroatoms. The lowest BCUT2D eigenvalue weighted by molar-refractivity contribution is -0.116. The molecule has 0 aromatic heterocycles. The summed E-state index contributed by atoms with van der Waals surface area (Å²) in [4.78, 5) is 16.8. The molecular formula is C20H23ClFN3O. The second kappa shape index (κ2) is 8.52. The molecule has 1 aliphatic rings. The third kappa shape index (κ3) is 4.96. The van der Waals surface area contributed by atoms with Crippen LogP contribution in [0.2, 0.25) is 5.02 Å². The number of anilines is 2. The Morgan fingerprint density at radius 2 is 1.92 bits per heavy atom. The number of halogens is 2. The number of carbonyl (C=O) groups excluding carboxylic acids is 1. The summed E-state index contributed by atoms with van der Waals surface area (Å²) < 4.78 is 13.1. The Labute approximate surface area is 158 Å². The van der Waals surface area contributed by atoms with Crippen molar-refractivity contribution in [1.82, 2.24) is 4.90 Å². The van der Waals surface area contributed by atoms with Crippen LogP contribution in [0.15, 0.2) is 42.5 Å². The molecule has 1 saturated heterocycles. The maximum Gasteiger partial charge on any atom is 0.225 e. The summed E-state index contributed by atoms with van der Waals surface area (Å²) in [6.07, 6.45) is 0.402. The van der Waals surface area contributed by atoms with Crippen molar-refractivity contribution in [2.45, 2.75) is 13.3 Å². The van der Waals surface area contributed by atoms with Crippen molar-refractivity contribution in [3.05, 3.63) is 58.9 Å². The van der Waals surface area contributed by atoms with Crippen LogP contribution >= 0.6 is 11.6 Å². The Kier molecular flexibility index (Phi) is 6.12. The van der Waals surface area contributed by atoms with Crippen LogP contribution in [0.4, 0.5) is 15.8 Å². The highest BCUT2D eigenvalue weighted by molar-refractivity contribution is 6.31. The number of carbonyl (C=O) groups is 1. The fraction of sp³-hybridized carbons (Fsp3) is 0.350. The molecular weight excluding hydrogens is 353 g/mol. The Hall–Kier alpha value is -2.11. The van der Waals surface area contributed by atoms with Crippen molar-refractivity contribution < 1.29 is 9.18 Å². The van der Waals surface area contributed by atoms with Crippen LogP contribution in [0.3, 0.4) is 0 Å². The monoisotopic (exact) mass is 375 g/mol. The van der Waals surface area contributed by atoms with Gasteiger partial charge in [0, 0.05) is 50.5 Å². The molecule has 1 fully saturated rings. The summed E-state index contributed by atoms with van der Waals surface area (Å²) in [6.45, 7) is 6.60. The molecule has 0 spiro atoms. The van der Waals surface area contributed by atoms with Crippen LogP contribution in [0.5, 0.6) is 0 Å². The third-order valence-electron chi connectivity index (χ3n) is 4.60. The second-order valence-electron chi connectivity index (χ2n) is 6.59. The molecule has 4 nitrogen and oxygen atoms in total. The average Bonchev–Trinajstić information content (AvgIpc) is 2.63. The predicted molar refractivity (Wildman–Crippen MR) is 104 cm³/mol. The van der Waals surface area contributed by atoms with E-state index in [9.17, 15) is 9.18 Å². The molecule has 0 radical (unpaired) electrons. The van der Waals surface area contributed by atoms with Gasteiger partial charge in [0.15, 0.2) is 0 Å². The molecule has 1 N–H and O–H groups in total. The lowest BCUT2D eigenvalue weighted by atomic mass is 10.2. The Bertz CT molecular complexity index is 775. The van der Waals surface area contributed by atoms with Crippen LogP contribution in [0.25, 0.3) is 0 Å². The first-order chi connectivity index (χ1) is 12.5. The van der Waals surface area contributed by atoms with E-state index in [1.165, 1.54) is 29.4 Å². The van der Waals surface area contributed by atoms with Gasteiger partial charge in [0.2, 0.25) is 5.91 Å². The topological polar surface area (TPSA) is 35.6 Å². The summed E-state index contributed by atoms with van der Waals surface area (Å²) in [7, 11) is 0. The van der Waals surface area contributed by atoms with E-state index >= 15 is 0 Å². The zero-order chi connectivity index (χ0) is 18.5. The lowest BCUT2D eigenvalue weighted by Crippen LogP contribution is -2.47. The van der Waals surface area contributed by atoms with Crippen LogP contribution in [-0.2, 0) is 4.79 Å². The predicted octanol–water partition coefficient (Wildman–Crippen LogP) is 3.94. The lowest BCUT2D eigenvalue weighted by Gasteiger charge is -2.36. The Morgan fingerprint density at radius 3 is 2.62 bits per heavy atom. The molecule has 1 amide bonds. The zero-order valence-electron chi connectivity index (χ0n) is 14.8. The van der Waals surface area contributed by atoms with Gasteiger partial charge in [-0.2, -0.15) is 0 Å². The van der Waals surface area contributed by atoms with Crippen molar-refractivity contribution in [2.24, 2.45) is 0 Å². The average molecular weight is 376 g/mol. The Morgan fingerprint density at radius 1 is 1.15 bits per heavy atom. The van der Waals surface area contributed by atoms with Crippen molar-refractivity contribution in [3.63, 3.8) is 0 Å². The van der Waals surface area contributed by atoms with Gasteiger partial charge in [0.1, 0.15) is 5.82 Å². The number of piperazine rings is 1. The quantitative estimate of drug-likeness (QED) is 0.859. The molecule has 2 aromatic rings. The molecule has 1 aliphatic heterocycles. The molecule has 138 valence electrons. The van der Waals surface area contributed by atoms with Gasteiger partial charge in [-0.25, -0.2) is 4.39 Å². The minimum absolute atomic E-state index is 0.00932. The number of rotatable bonds is 5. The number of benzene rings is 2. The minimum atomic E-state index is -0.490. The minimum Gasteiger partial charge on any atom is -0.369 e. The molecule has 2 aromatic carbocycles. The number of nitrogens with one attached hydrogen (secondary N) is 1. The van der Waals surface area contributed by atoms with Crippen LogP contribution < -0.4 is 10.2 Å². The first-order valence-electron chi connectivity index (χ1n) is 8.80. The smallest absolute Gasteiger partial charge is 0.225 e. The number of amides is 1. The second-order valence-corrected chi connectivity index (χ2v) is 7.00. The fourth-order valence-electron chi connectivity index (χ4n) is 3.11. The van der Waals surface area contributed by atoms with Gasteiger partial charge in [-0.05, 0) is 42.8 Å². The van der Waals surface area contributed by atoms with Crippen LogP contribution in [-0.4, -0.2) is 43.5 Å². The van der Waals surface area contributed by atoms with Gasteiger partial charge in [-0.3, -0.25) is 9.69 Å². The molecule has 0 saturated carbocycles. The first-order valence-corrected chi connectivity index (χ1v) is 9.18. The number of hydrogen-bond donors (Lipinski definition) is 1. The van der Waals surface area contributed by atoms with Crippen molar-refractivity contribution in [2.75, 3.05) is 42.9 Å². The maximum atomic E-state index is 13.1. The SMILES string of the molecule is Cc1cccc(N2CCN(CCC(=O)Nc3ccc(F)c(Cl)c3)CC2)c1. The van der Waals surface area contributed by atoms with E-state index in [1.807, 2.05) is 0 Å². The Balaban J connectivity index is 1.43. The molecule has 3 rings (SSSR count). The van der Waals surface area contributed by atoms with E-state index in [1.54, 1.807) is 0 Å². The van der Waals surface area contributed by atoms with E-state index < -0.39 is 5.82 Å². The summed E-state index contributed by atoms with van der Waals surface area (Å²) >= 11 is 5.73. The van der Waals surface area contributed by atoms with E-state index in [2.05, 4.69) is 46.3 Å². The van der Waals surface area contributed by atoms with Gasteiger partial charge in [0.25, 0.3) is 0 Å². The summed E-state index contributed by atoms with van der Waals surface area (Å²) in [6, 6.07) is 12.7. The summed E-state index contributed by atoms with van der Waals surface area (Å²) in [5, 5.41) is 2.77. The number of hydrogen-bond acceptors (Lipinski definition) is 3. The molecule has 1 heterocycles. The van der Waals surface area contributed by atoms with E-state index in [0.29, 0.717) is 18.7 Å². The largest absolute Gasteiger partial charge is 0.369 e. The van der Waals surface area contributed by atoms with Gasteiger partial charge in [0.05, 0.1) is 5.02 Å². The standard InChI is InChI=1S/C20H23ClFN3O/c1-15-3-2-4-17(13-15)25-11-9-24(10-12-25)8-7-20(26)23-16-5-6-19(22)18(21)14-16/h2-6,13-14H,7-12H2,1H3,(H,23,26). The molecule has 0 aliphatic carbocycles. The molecule has 0 bridgehead atoms. The molecule has 0 atom stereocenters. The van der Waals surface area contributed by atoms with Gasteiger partial charge in [-0.1, -0.05) is 23.7 Å². The van der Waals surface area contributed by atoms with Crippen molar-refractivity contribution in [1.29, 1.82) is 0 Å². The molecule has 0 unspecified atom stereocenters. The highest BCUT2D eigenvalue weighted by atomic mass is 35.5. The van der Waals surface area contributed by atoms with E-state index in [-0.39, 0.29) is 10.9 Å². The maximum absolute atomic E-state index is 13.1. The van der Waals surface area contributed by atoms with Crippen LogP contribution in [0.1, 0.15) is 12.0 Å². The van der Waals surface area contributed by atoms with Crippen molar-refractivity contribution >= 4 is 28.9 Å². The van der Waals surface area contributed by atoms with E-state index in [4.69, 9.17) is 11.6 Å². The summed E-state index contributed by atoms with van der Waals surface area (Å²) in [5.41, 5.74) is 3.05. The number of nitrogens with zero attached hydrogens (tertiary/aromatic N) is 2. The number of aryl methyl sites for hydroxylation is 1. The molecule has 26 heavy (non-hydrogen) atoms. The van der Waals surface area contributed by atoms with Gasteiger partial charge < -0.3 is 10.2 Å². The normalized spacial score (nSPS) is 15.1. The fourth-order valence-corrected chi connectivity index (χ4v) is 3.29. The van der Waals surface area contributed by atoms with Gasteiger partial charge >= 0.3 is 0 Å². The first kappa shape index (κ1) is 18.7. The summed E-state index contributed by atoms with van der Waals surface area (Å²) in [5.74, 6) is -0.579. The highest BCUT2D eigenvalue weighted by Gasteiger charge is 2.18.